The fourth-order valence-electron chi connectivity index (χ4n) is 2.46. The van der Waals surface area contributed by atoms with Gasteiger partial charge < -0.3 is 10.4 Å². The summed E-state index contributed by atoms with van der Waals surface area (Å²) in [4.78, 5) is 23.6. The molecule has 2 aromatic carbocycles. The summed E-state index contributed by atoms with van der Waals surface area (Å²) < 4.78 is 26.7. The van der Waals surface area contributed by atoms with Crippen LogP contribution >= 0.6 is 0 Å². The zero-order valence-electron chi connectivity index (χ0n) is 13.8. The zero-order chi connectivity index (χ0) is 18.4. The largest absolute Gasteiger partial charge is 0.481 e. The van der Waals surface area contributed by atoms with Gasteiger partial charge in [-0.2, -0.15) is 0 Å². The van der Waals surface area contributed by atoms with Gasteiger partial charge in [-0.15, -0.1) is 0 Å². The molecule has 0 aromatic heterocycles. The number of halogens is 2. The van der Waals surface area contributed by atoms with E-state index in [0.717, 1.165) is 6.07 Å². The van der Waals surface area contributed by atoms with Gasteiger partial charge in [-0.1, -0.05) is 42.5 Å². The van der Waals surface area contributed by atoms with Gasteiger partial charge in [0.25, 0.3) is 0 Å². The third kappa shape index (κ3) is 4.41. The van der Waals surface area contributed by atoms with Gasteiger partial charge in [-0.05, 0) is 30.5 Å². The summed E-state index contributed by atoms with van der Waals surface area (Å²) in [6.07, 6.45) is -0.0323. The van der Waals surface area contributed by atoms with E-state index in [1.54, 1.807) is 30.3 Å². The first kappa shape index (κ1) is 18.6. The van der Waals surface area contributed by atoms with Crippen LogP contribution in [0.5, 0.6) is 0 Å². The molecule has 6 heteroatoms. The number of aryl methyl sites for hydroxylation is 1. The molecule has 0 aliphatic rings. The summed E-state index contributed by atoms with van der Waals surface area (Å²) in [6, 6.07) is 12.4. The number of hydrogen-bond acceptors (Lipinski definition) is 2. The second-order valence-electron chi connectivity index (χ2n) is 5.99. The molecule has 2 N–H and O–H groups in total. The SMILES string of the molecule is CC(CNC(=O)CCc1cccc(F)c1F)(C(=O)O)c1ccccc1. The van der Waals surface area contributed by atoms with Crippen molar-refractivity contribution in [2.24, 2.45) is 0 Å². The van der Waals surface area contributed by atoms with E-state index in [1.807, 2.05) is 0 Å². The number of carbonyl (C=O) groups excluding carboxylic acids is 1. The second kappa shape index (κ2) is 7.88. The van der Waals surface area contributed by atoms with Crippen LogP contribution in [0.15, 0.2) is 48.5 Å². The summed E-state index contributed by atoms with van der Waals surface area (Å²) in [5.74, 6) is -3.40. The molecule has 25 heavy (non-hydrogen) atoms. The van der Waals surface area contributed by atoms with Crippen LogP contribution in [-0.2, 0) is 21.4 Å². The number of carboxylic acids is 1. The van der Waals surface area contributed by atoms with Crippen molar-refractivity contribution in [2.45, 2.75) is 25.2 Å². The molecule has 0 spiro atoms. The predicted octanol–water partition coefficient (Wildman–Crippen LogP) is 3.06. The van der Waals surface area contributed by atoms with E-state index in [9.17, 15) is 23.5 Å². The van der Waals surface area contributed by atoms with Gasteiger partial charge in [-0.25, -0.2) is 8.78 Å². The third-order valence-corrected chi connectivity index (χ3v) is 4.18. The second-order valence-corrected chi connectivity index (χ2v) is 5.99. The molecule has 2 aromatic rings. The fraction of sp³-hybridized carbons (Fsp3) is 0.263. The summed E-state index contributed by atoms with van der Waals surface area (Å²) in [6.45, 7) is 1.42. The van der Waals surface area contributed by atoms with E-state index in [0.29, 0.717) is 5.56 Å². The lowest BCUT2D eigenvalue weighted by Crippen LogP contribution is -2.44. The minimum Gasteiger partial charge on any atom is -0.481 e. The average Bonchev–Trinajstić information content (AvgIpc) is 2.61. The van der Waals surface area contributed by atoms with Crippen LogP contribution in [0.25, 0.3) is 0 Å². The van der Waals surface area contributed by atoms with Crippen molar-refractivity contribution in [2.75, 3.05) is 6.54 Å². The molecule has 0 saturated heterocycles. The maximum absolute atomic E-state index is 13.6. The maximum Gasteiger partial charge on any atom is 0.315 e. The third-order valence-electron chi connectivity index (χ3n) is 4.18. The lowest BCUT2D eigenvalue weighted by atomic mass is 9.82. The number of nitrogens with one attached hydrogen (secondary N) is 1. The molecule has 0 heterocycles. The highest BCUT2D eigenvalue weighted by molar-refractivity contribution is 5.83. The van der Waals surface area contributed by atoms with Crippen molar-refractivity contribution in [1.29, 1.82) is 0 Å². The molecule has 1 atom stereocenters. The zero-order valence-corrected chi connectivity index (χ0v) is 13.8. The normalized spacial score (nSPS) is 13.1. The number of hydrogen-bond donors (Lipinski definition) is 2. The summed E-state index contributed by atoms with van der Waals surface area (Å²) in [5.41, 5.74) is -0.598. The van der Waals surface area contributed by atoms with Gasteiger partial charge in [0, 0.05) is 13.0 Å². The van der Waals surface area contributed by atoms with E-state index >= 15 is 0 Å². The monoisotopic (exact) mass is 347 g/mol. The highest BCUT2D eigenvalue weighted by Gasteiger charge is 2.35. The summed E-state index contributed by atoms with van der Waals surface area (Å²) >= 11 is 0. The Labute approximate surface area is 144 Å². The molecule has 0 bridgehead atoms. The van der Waals surface area contributed by atoms with Crippen molar-refractivity contribution in [3.8, 4) is 0 Å². The van der Waals surface area contributed by atoms with Crippen LogP contribution in [0, 0.1) is 11.6 Å². The van der Waals surface area contributed by atoms with Crippen molar-refractivity contribution < 1.29 is 23.5 Å². The highest BCUT2D eigenvalue weighted by Crippen LogP contribution is 2.23. The minimum absolute atomic E-state index is 0.0323. The van der Waals surface area contributed by atoms with Crippen LogP contribution in [0.3, 0.4) is 0 Å². The minimum atomic E-state index is -1.28. The van der Waals surface area contributed by atoms with E-state index in [2.05, 4.69) is 5.32 Å². The predicted molar refractivity (Wildman–Crippen MR) is 89.1 cm³/mol. The van der Waals surface area contributed by atoms with Crippen LogP contribution in [0.2, 0.25) is 0 Å². The van der Waals surface area contributed by atoms with Crippen molar-refractivity contribution >= 4 is 11.9 Å². The fourth-order valence-corrected chi connectivity index (χ4v) is 2.46. The number of benzene rings is 2. The maximum atomic E-state index is 13.6. The van der Waals surface area contributed by atoms with Gasteiger partial charge in [0.2, 0.25) is 5.91 Å². The topological polar surface area (TPSA) is 66.4 Å². The van der Waals surface area contributed by atoms with Gasteiger partial charge in [0.1, 0.15) is 5.41 Å². The van der Waals surface area contributed by atoms with Crippen LogP contribution in [0.1, 0.15) is 24.5 Å². The lowest BCUT2D eigenvalue weighted by Gasteiger charge is -2.25. The molecule has 0 saturated carbocycles. The Morgan fingerprint density at radius 3 is 2.40 bits per heavy atom. The molecule has 1 unspecified atom stereocenters. The molecule has 0 aliphatic carbocycles. The summed E-state index contributed by atoms with van der Waals surface area (Å²) in [7, 11) is 0. The van der Waals surface area contributed by atoms with E-state index in [1.165, 1.54) is 19.1 Å². The Hall–Kier alpha value is -2.76. The van der Waals surface area contributed by atoms with Gasteiger partial charge >= 0.3 is 5.97 Å². The smallest absolute Gasteiger partial charge is 0.315 e. The van der Waals surface area contributed by atoms with Gasteiger partial charge in [0.05, 0.1) is 0 Å². The molecule has 0 aliphatic heterocycles. The lowest BCUT2D eigenvalue weighted by molar-refractivity contribution is -0.143. The molecule has 0 radical (unpaired) electrons. The Morgan fingerprint density at radius 2 is 1.76 bits per heavy atom. The average molecular weight is 347 g/mol. The number of amides is 1. The molecule has 1 amide bonds. The Kier molecular flexibility index (Phi) is 5.85. The number of carbonyl (C=O) groups is 2. The van der Waals surface area contributed by atoms with E-state index in [4.69, 9.17) is 0 Å². The number of aliphatic carboxylic acids is 1. The van der Waals surface area contributed by atoms with Crippen molar-refractivity contribution in [3.63, 3.8) is 0 Å². The first-order valence-corrected chi connectivity index (χ1v) is 7.83. The van der Waals surface area contributed by atoms with Crippen LogP contribution in [-0.4, -0.2) is 23.5 Å². The number of rotatable bonds is 7. The number of carboxylic acid groups (broad SMARTS) is 1. The summed E-state index contributed by atoms with van der Waals surface area (Å²) in [5, 5.41) is 12.1. The Morgan fingerprint density at radius 1 is 1.08 bits per heavy atom. The highest BCUT2D eigenvalue weighted by atomic mass is 19.2. The Bertz CT molecular complexity index is 765. The molecule has 4 nitrogen and oxygen atoms in total. The van der Waals surface area contributed by atoms with Gasteiger partial charge in [-0.3, -0.25) is 9.59 Å². The first-order chi connectivity index (χ1) is 11.8. The van der Waals surface area contributed by atoms with E-state index < -0.39 is 28.9 Å². The first-order valence-electron chi connectivity index (χ1n) is 7.83. The molecule has 2 rings (SSSR count). The Balaban J connectivity index is 1.98. The molecular formula is C19H19F2NO3. The van der Waals surface area contributed by atoms with Crippen molar-refractivity contribution in [1.82, 2.24) is 5.32 Å². The van der Waals surface area contributed by atoms with Crippen molar-refractivity contribution in [3.05, 3.63) is 71.3 Å². The van der Waals surface area contributed by atoms with Crippen LogP contribution in [0.4, 0.5) is 8.78 Å². The molecule has 0 fully saturated rings. The quantitative estimate of drug-likeness (QED) is 0.809. The molecule has 132 valence electrons. The molecular weight excluding hydrogens is 328 g/mol. The standard InChI is InChI=1S/C19H19F2NO3/c1-19(18(24)25,14-7-3-2-4-8-14)12-22-16(23)11-10-13-6-5-9-15(20)17(13)21/h2-9H,10-12H2,1H3,(H,22,23)(H,24,25). The van der Waals surface area contributed by atoms with Crippen LogP contribution < -0.4 is 5.32 Å². The van der Waals surface area contributed by atoms with E-state index in [-0.39, 0.29) is 24.9 Å². The van der Waals surface area contributed by atoms with Gasteiger partial charge in [0.15, 0.2) is 11.6 Å².